The van der Waals surface area contributed by atoms with Gasteiger partial charge in [0.15, 0.2) is 0 Å². The summed E-state index contributed by atoms with van der Waals surface area (Å²) in [5.41, 5.74) is 1.29. The van der Waals surface area contributed by atoms with Gasteiger partial charge < -0.3 is 4.90 Å². The Labute approximate surface area is 156 Å². The minimum absolute atomic E-state index is 0.370. The highest BCUT2D eigenvalue weighted by Gasteiger charge is 2.30. The van der Waals surface area contributed by atoms with Gasteiger partial charge in [-0.2, -0.15) is 13.2 Å². The molecule has 0 aromatic heterocycles. The smallest absolute Gasteiger partial charge is 0.378 e. The second-order valence-corrected chi connectivity index (χ2v) is 6.24. The first-order chi connectivity index (χ1) is 13.0. The maximum atomic E-state index is 12.7. The van der Waals surface area contributed by atoms with Crippen molar-refractivity contribution in [2.75, 3.05) is 37.6 Å². The van der Waals surface area contributed by atoms with Gasteiger partial charge in [0.25, 0.3) is 0 Å². The number of rotatable bonds is 2. The fourth-order valence-electron chi connectivity index (χ4n) is 3.00. The fraction of sp³-hybridized carbons (Fsp3) is 0.286. The van der Waals surface area contributed by atoms with E-state index < -0.39 is 11.7 Å². The summed E-state index contributed by atoms with van der Waals surface area (Å²) in [6.45, 7) is 10.9. The first-order valence-corrected chi connectivity index (χ1v) is 8.57. The molecule has 2 aromatic rings. The number of para-hydroxylation sites is 2. The number of halogens is 3. The normalized spacial score (nSPS) is 15.0. The molecule has 1 fully saturated rings. The Morgan fingerprint density at radius 1 is 1.00 bits per heavy atom. The summed E-state index contributed by atoms with van der Waals surface area (Å²) in [7, 11) is 0. The minimum atomic E-state index is -4.35. The van der Waals surface area contributed by atoms with Crippen LogP contribution in [0.2, 0.25) is 0 Å². The molecule has 1 heterocycles. The third-order valence-electron chi connectivity index (χ3n) is 4.44. The predicted octanol–water partition coefficient (Wildman–Crippen LogP) is 4.43. The lowest BCUT2D eigenvalue weighted by Crippen LogP contribution is -2.46. The molecule has 0 aliphatic carbocycles. The number of anilines is 1. The van der Waals surface area contributed by atoms with Gasteiger partial charge in [-0.3, -0.25) is 4.90 Å². The standard InChI is InChI=1S/C21H18F3N3/c1-25-19-9-2-3-10-20(19)27-14-12-26(13-15-27)11-5-7-17-6-4-8-18(16-17)21(22,23)24/h2-4,6,8-10,16H,11-15H2. The van der Waals surface area contributed by atoms with Gasteiger partial charge in [-0.15, -0.1) is 0 Å². The van der Waals surface area contributed by atoms with E-state index in [4.69, 9.17) is 6.57 Å². The molecule has 1 aliphatic heterocycles. The monoisotopic (exact) mass is 369 g/mol. The van der Waals surface area contributed by atoms with Crippen molar-refractivity contribution in [3.05, 3.63) is 71.1 Å². The molecular formula is C21H18F3N3. The van der Waals surface area contributed by atoms with Crippen molar-refractivity contribution in [3.63, 3.8) is 0 Å². The van der Waals surface area contributed by atoms with Crippen molar-refractivity contribution in [3.8, 4) is 11.8 Å². The van der Waals surface area contributed by atoms with Crippen LogP contribution in [0.25, 0.3) is 4.85 Å². The van der Waals surface area contributed by atoms with Crippen LogP contribution in [0.15, 0.2) is 48.5 Å². The van der Waals surface area contributed by atoms with Crippen LogP contribution in [-0.2, 0) is 6.18 Å². The van der Waals surface area contributed by atoms with Crippen molar-refractivity contribution in [2.45, 2.75) is 6.18 Å². The average Bonchev–Trinajstić information content (AvgIpc) is 2.68. The van der Waals surface area contributed by atoms with E-state index in [-0.39, 0.29) is 0 Å². The number of benzene rings is 2. The van der Waals surface area contributed by atoms with Gasteiger partial charge in [0.2, 0.25) is 5.69 Å². The average molecular weight is 369 g/mol. The summed E-state index contributed by atoms with van der Waals surface area (Å²) < 4.78 is 38.2. The molecule has 0 spiro atoms. The Balaban J connectivity index is 1.57. The summed E-state index contributed by atoms with van der Waals surface area (Å²) in [4.78, 5) is 7.91. The summed E-state index contributed by atoms with van der Waals surface area (Å²) in [5, 5.41) is 0. The van der Waals surface area contributed by atoms with Gasteiger partial charge in [-0.1, -0.05) is 36.1 Å². The number of alkyl halides is 3. The molecule has 0 amide bonds. The van der Waals surface area contributed by atoms with Gasteiger partial charge >= 0.3 is 6.18 Å². The van der Waals surface area contributed by atoms with E-state index in [0.717, 1.165) is 44.0 Å². The molecule has 0 unspecified atom stereocenters. The van der Waals surface area contributed by atoms with Crippen LogP contribution in [0.4, 0.5) is 24.5 Å². The van der Waals surface area contributed by atoms with Crippen LogP contribution in [0.1, 0.15) is 11.1 Å². The molecule has 0 saturated carbocycles. The van der Waals surface area contributed by atoms with Crippen molar-refractivity contribution in [2.24, 2.45) is 0 Å². The zero-order valence-corrected chi connectivity index (χ0v) is 14.6. The van der Waals surface area contributed by atoms with E-state index in [1.54, 1.807) is 6.07 Å². The van der Waals surface area contributed by atoms with Crippen molar-refractivity contribution < 1.29 is 13.2 Å². The molecular weight excluding hydrogens is 351 g/mol. The summed E-state index contributed by atoms with van der Waals surface area (Å²) >= 11 is 0. The van der Waals surface area contributed by atoms with E-state index in [0.29, 0.717) is 17.8 Å². The molecule has 1 saturated heterocycles. The highest BCUT2D eigenvalue weighted by Crippen LogP contribution is 2.30. The first-order valence-electron chi connectivity index (χ1n) is 8.57. The molecule has 3 nitrogen and oxygen atoms in total. The Morgan fingerprint density at radius 3 is 2.44 bits per heavy atom. The van der Waals surface area contributed by atoms with E-state index in [2.05, 4.69) is 26.5 Å². The van der Waals surface area contributed by atoms with E-state index in [9.17, 15) is 13.2 Å². The SMILES string of the molecule is [C-]#[N+]c1ccccc1N1CCN(CC#Cc2cccc(C(F)(F)F)c2)CC1. The predicted molar refractivity (Wildman–Crippen MR) is 99.7 cm³/mol. The fourth-order valence-corrected chi connectivity index (χ4v) is 3.00. The third-order valence-corrected chi connectivity index (χ3v) is 4.44. The highest BCUT2D eigenvalue weighted by molar-refractivity contribution is 5.70. The lowest BCUT2D eigenvalue weighted by Gasteiger charge is -2.35. The van der Waals surface area contributed by atoms with Gasteiger partial charge in [0.05, 0.1) is 18.7 Å². The van der Waals surface area contributed by atoms with E-state index >= 15 is 0 Å². The quantitative estimate of drug-likeness (QED) is 0.573. The van der Waals surface area contributed by atoms with Gasteiger partial charge in [0, 0.05) is 37.4 Å². The van der Waals surface area contributed by atoms with Crippen molar-refractivity contribution in [1.29, 1.82) is 0 Å². The molecule has 0 atom stereocenters. The van der Waals surface area contributed by atoms with Crippen LogP contribution in [-0.4, -0.2) is 37.6 Å². The molecule has 6 heteroatoms. The van der Waals surface area contributed by atoms with Crippen LogP contribution < -0.4 is 4.90 Å². The first kappa shape index (κ1) is 18.8. The second kappa shape index (κ2) is 8.16. The van der Waals surface area contributed by atoms with Crippen LogP contribution in [0, 0.1) is 18.4 Å². The van der Waals surface area contributed by atoms with E-state index in [1.807, 2.05) is 24.3 Å². The molecule has 3 rings (SSSR count). The highest BCUT2D eigenvalue weighted by atomic mass is 19.4. The van der Waals surface area contributed by atoms with Crippen LogP contribution in [0.5, 0.6) is 0 Å². The van der Waals surface area contributed by atoms with Crippen molar-refractivity contribution in [1.82, 2.24) is 4.90 Å². The van der Waals surface area contributed by atoms with Gasteiger partial charge in [0.1, 0.15) is 0 Å². The summed E-state index contributed by atoms with van der Waals surface area (Å²) in [5.74, 6) is 5.79. The van der Waals surface area contributed by atoms with Gasteiger partial charge in [-0.25, -0.2) is 4.85 Å². The Morgan fingerprint density at radius 2 is 1.74 bits per heavy atom. The molecule has 138 valence electrons. The maximum absolute atomic E-state index is 12.7. The zero-order valence-electron chi connectivity index (χ0n) is 14.6. The molecule has 2 aromatic carbocycles. The number of hydrogen-bond acceptors (Lipinski definition) is 2. The molecule has 0 radical (unpaired) electrons. The molecule has 0 bridgehead atoms. The Hall–Kier alpha value is -2.96. The summed E-state index contributed by atoms with van der Waals surface area (Å²) in [6, 6.07) is 12.6. The van der Waals surface area contributed by atoms with Crippen molar-refractivity contribution >= 4 is 11.4 Å². The van der Waals surface area contributed by atoms with E-state index in [1.165, 1.54) is 6.07 Å². The zero-order chi connectivity index (χ0) is 19.3. The van der Waals surface area contributed by atoms with Crippen LogP contribution >= 0.6 is 0 Å². The topological polar surface area (TPSA) is 10.8 Å². The van der Waals surface area contributed by atoms with Crippen LogP contribution in [0.3, 0.4) is 0 Å². The Bertz CT molecular complexity index is 895. The lowest BCUT2D eigenvalue weighted by molar-refractivity contribution is -0.137. The lowest BCUT2D eigenvalue weighted by atomic mass is 10.1. The Kier molecular flexibility index (Phi) is 5.69. The summed E-state index contributed by atoms with van der Waals surface area (Å²) in [6.07, 6.45) is -4.35. The molecule has 0 N–H and O–H groups in total. The molecule has 1 aliphatic rings. The molecule has 27 heavy (non-hydrogen) atoms. The largest absolute Gasteiger partial charge is 0.416 e. The number of nitrogens with zero attached hydrogens (tertiary/aromatic N) is 3. The number of hydrogen-bond donors (Lipinski definition) is 0. The third kappa shape index (κ3) is 4.81. The second-order valence-electron chi connectivity index (χ2n) is 6.24. The maximum Gasteiger partial charge on any atom is 0.416 e. The minimum Gasteiger partial charge on any atom is -0.378 e. The van der Waals surface area contributed by atoms with Gasteiger partial charge in [-0.05, 0) is 24.3 Å². The number of piperazine rings is 1.